The van der Waals surface area contributed by atoms with Crippen LogP contribution in [0.2, 0.25) is 0 Å². The van der Waals surface area contributed by atoms with E-state index in [1.165, 1.54) is 0 Å². The van der Waals surface area contributed by atoms with Crippen molar-refractivity contribution < 1.29 is 13.2 Å². The molecule has 2 heterocycles. The first-order valence-corrected chi connectivity index (χ1v) is 7.16. The van der Waals surface area contributed by atoms with Gasteiger partial charge in [-0.05, 0) is 25.2 Å². The van der Waals surface area contributed by atoms with Crippen molar-refractivity contribution in [3.63, 3.8) is 0 Å². The lowest BCUT2D eigenvalue weighted by molar-refractivity contribution is -0.141. The van der Waals surface area contributed by atoms with Gasteiger partial charge in [0.25, 0.3) is 0 Å². The fourth-order valence-corrected chi connectivity index (χ4v) is 2.60. The van der Waals surface area contributed by atoms with Gasteiger partial charge >= 0.3 is 6.18 Å². The number of hydrogen-bond donors (Lipinski definition) is 1. The van der Waals surface area contributed by atoms with Crippen LogP contribution in [0.25, 0.3) is 0 Å². The van der Waals surface area contributed by atoms with Gasteiger partial charge in [-0.25, -0.2) is 4.98 Å². The van der Waals surface area contributed by atoms with Gasteiger partial charge < -0.3 is 10.2 Å². The SMILES string of the molecule is CCNc1nc(N2CCCC(C)(C)C2)cc(C(F)(F)F)n1. The molecule has 0 aliphatic carbocycles. The van der Waals surface area contributed by atoms with E-state index in [1.54, 1.807) is 6.92 Å². The van der Waals surface area contributed by atoms with Crippen LogP contribution in [0.15, 0.2) is 6.07 Å². The molecule has 0 aromatic carbocycles. The second-order valence-electron chi connectivity index (χ2n) is 6.15. The maximum atomic E-state index is 13.0. The number of halogens is 3. The zero-order valence-corrected chi connectivity index (χ0v) is 12.6. The molecule has 118 valence electrons. The van der Waals surface area contributed by atoms with Crippen molar-refractivity contribution in [1.82, 2.24) is 9.97 Å². The molecule has 0 saturated carbocycles. The highest BCUT2D eigenvalue weighted by Gasteiger charge is 2.35. The third-order valence-electron chi connectivity index (χ3n) is 3.56. The van der Waals surface area contributed by atoms with Gasteiger partial charge in [-0.15, -0.1) is 0 Å². The second-order valence-corrected chi connectivity index (χ2v) is 6.15. The summed E-state index contributed by atoms with van der Waals surface area (Å²) in [5.41, 5.74) is -0.813. The molecule has 0 radical (unpaired) electrons. The molecule has 1 N–H and O–H groups in total. The Kier molecular flexibility index (Phi) is 4.30. The number of hydrogen-bond acceptors (Lipinski definition) is 4. The number of aromatic nitrogens is 2. The van der Waals surface area contributed by atoms with E-state index in [4.69, 9.17) is 0 Å². The van der Waals surface area contributed by atoms with E-state index in [0.29, 0.717) is 18.9 Å². The zero-order valence-electron chi connectivity index (χ0n) is 12.6. The number of piperidine rings is 1. The summed E-state index contributed by atoms with van der Waals surface area (Å²) < 4.78 is 38.9. The van der Waals surface area contributed by atoms with Gasteiger partial charge in [0.05, 0.1) is 0 Å². The number of anilines is 2. The van der Waals surface area contributed by atoms with E-state index < -0.39 is 11.9 Å². The molecule has 1 aliphatic heterocycles. The quantitative estimate of drug-likeness (QED) is 0.927. The van der Waals surface area contributed by atoms with Crippen molar-refractivity contribution >= 4 is 11.8 Å². The highest BCUT2D eigenvalue weighted by Crippen LogP contribution is 2.34. The van der Waals surface area contributed by atoms with Crippen LogP contribution in [0.1, 0.15) is 39.3 Å². The summed E-state index contributed by atoms with van der Waals surface area (Å²) in [6.45, 7) is 7.95. The van der Waals surface area contributed by atoms with Gasteiger partial charge in [0.1, 0.15) is 5.82 Å². The molecule has 1 fully saturated rings. The van der Waals surface area contributed by atoms with Crippen LogP contribution in [-0.4, -0.2) is 29.6 Å². The Bertz CT molecular complexity index is 499. The van der Waals surface area contributed by atoms with Gasteiger partial charge in [0.15, 0.2) is 5.69 Å². The summed E-state index contributed by atoms with van der Waals surface area (Å²) >= 11 is 0. The van der Waals surface area contributed by atoms with Crippen molar-refractivity contribution in [2.75, 3.05) is 29.9 Å². The number of nitrogens with zero attached hydrogens (tertiary/aromatic N) is 3. The standard InChI is InChI=1S/C14H21F3N4/c1-4-18-12-19-10(14(15,16)17)8-11(20-12)21-7-5-6-13(2,3)9-21/h8H,4-7,9H2,1-3H3,(H,18,19,20). The molecular formula is C14H21F3N4. The van der Waals surface area contributed by atoms with Crippen LogP contribution in [0, 0.1) is 5.41 Å². The van der Waals surface area contributed by atoms with E-state index in [9.17, 15) is 13.2 Å². The smallest absolute Gasteiger partial charge is 0.356 e. The Labute approximate surface area is 122 Å². The molecule has 0 amide bonds. The zero-order chi connectivity index (χ0) is 15.7. The summed E-state index contributed by atoms with van der Waals surface area (Å²) in [4.78, 5) is 9.70. The summed E-state index contributed by atoms with van der Waals surface area (Å²) in [6.07, 6.45) is -2.44. The van der Waals surface area contributed by atoms with Crippen molar-refractivity contribution in [3.8, 4) is 0 Å². The largest absolute Gasteiger partial charge is 0.433 e. The van der Waals surface area contributed by atoms with Gasteiger partial charge in [-0.3, -0.25) is 0 Å². The van der Waals surface area contributed by atoms with Gasteiger partial charge in [-0.1, -0.05) is 13.8 Å². The molecular weight excluding hydrogens is 281 g/mol. The number of alkyl halides is 3. The minimum atomic E-state index is -4.47. The molecule has 21 heavy (non-hydrogen) atoms. The van der Waals surface area contributed by atoms with Crippen LogP contribution < -0.4 is 10.2 Å². The second kappa shape index (κ2) is 5.69. The lowest BCUT2D eigenvalue weighted by Gasteiger charge is -2.38. The molecule has 0 spiro atoms. The monoisotopic (exact) mass is 302 g/mol. The Morgan fingerprint density at radius 3 is 2.62 bits per heavy atom. The molecule has 1 aliphatic rings. The van der Waals surface area contributed by atoms with E-state index in [2.05, 4.69) is 29.1 Å². The van der Waals surface area contributed by atoms with Gasteiger partial charge in [0.2, 0.25) is 5.95 Å². The lowest BCUT2D eigenvalue weighted by atomic mass is 9.84. The first kappa shape index (κ1) is 15.9. The molecule has 0 bridgehead atoms. The highest BCUT2D eigenvalue weighted by molar-refractivity contribution is 5.46. The average molecular weight is 302 g/mol. The fourth-order valence-electron chi connectivity index (χ4n) is 2.60. The van der Waals surface area contributed by atoms with E-state index in [1.807, 2.05) is 4.90 Å². The van der Waals surface area contributed by atoms with Gasteiger partial charge in [-0.2, -0.15) is 18.2 Å². The molecule has 1 saturated heterocycles. The first-order valence-electron chi connectivity index (χ1n) is 7.16. The van der Waals surface area contributed by atoms with Crippen LogP contribution in [0.4, 0.5) is 24.9 Å². The van der Waals surface area contributed by atoms with Crippen LogP contribution in [0.5, 0.6) is 0 Å². The summed E-state index contributed by atoms with van der Waals surface area (Å²) in [7, 11) is 0. The van der Waals surface area contributed by atoms with Crippen molar-refractivity contribution in [2.45, 2.75) is 39.8 Å². The molecule has 0 unspecified atom stereocenters. The lowest BCUT2D eigenvalue weighted by Crippen LogP contribution is -2.40. The maximum Gasteiger partial charge on any atom is 0.433 e. The van der Waals surface area contributed by atoms with E-state index in [-0.39, 0.29) is 11.4 Å². The predicted octanol–water partition coefficient (Wildman–Crippen LogP) is 3.55. The Morgan fingerprint density at radius 2 is 2.05 bits per heavy atom. The summed E-state index contributed by atoms with van der Waals surface area (Å²) in [6, 6.07) is 1.04. The summed E-state index contributed by atoms with van der Waals surface area (Å²) in [5.74, 6) is 0.381. The van der Waals surface area contributed by atoms with Crippen LogP contribution >= 0.6 is 0 Å². The van der Waals surface area contributed by atoms with Crippen molar-refractivity contribution in [3.05, 3.63) is 11.8 Å². The molecule has 1 aromatic rings. The topological polar surface area (TPSA) is 41.1 Å². The van der Waals surface area contributed by atoms with Crippen molar-refractivity contribution in [1.29, 1.82) is 0 Å². The summed E-state index contributed by atoms with van der Waals surface area (Å²) in [5, 5.41) is 2.77. The Hall–Kier alpha value is -1.53. The Balaban J connectivity index is 2.35. The number of nitrogens with one attached hydrogen (secondary N) is 1. The highest BCUT2D eigenvalue weighted by atomic mass is 19.4. The van der Waals surface area contributed by atoms with Crippen LogP contribution in [-0.2, 0) is 6.18 Å². The third kappa shape index (κ3) is 3.98. The van der Waals surface area contributed by atoms with Gasteiger partial charge in [0, 0.05) is 25.7 Å². The normalized spacial score (nSPS) is 18.7. The molecule has 7 heteroatoms. The predicted molar refractivity (Wildman–Crippen MR) is 76.4 cm³/mol. The minimum Gasteiger partial charge on any atom is -0.356 e. The maximum absolute atomic E-state index is 13.0. The first-order chi connectivity index (χ1) is 9.71. The third-order valence-corrected chi connectivity index (χ3v) is 3.56. The molecule has 4 nitrogen and oxygen atoms in total. The van der Waals surface area contributed by atoms with Crippen molar-refractivity contribution in [2.24, 2.45) is 5.41 Å². The van der Waals surface area contributed by atoms with Crippen LogP contribution in [0.3, 0.4) is 0 Å². The number of rotatable bonds is 3. The minimum absolute atomic E-state index is 0.0331. The fraction of sp³-hybridized carbons (Fsp3) is 0.714. The average Bonchev–Trinajstić information content (AvgIpc) is 2.36. The van der Waals surface area contributed by atoms with E-state index >= 15 is 0 Å². The molecule has 2 rings (SSSR count). The molecule has 0 atom stereocenters. The Morgan fingerprint density at radius 1 is 1.33 bits per heavy atom. The molecule has 1 aromatic heterocycles. The van der Waals surface area contributed by atoms with E-state index in [0.717, 1.165) is 25.5 Å².